The molecule has 5 nitrogen and oxygen atoms in total. The number of rotatable bonds is 2. The maximum absolute atomic E-state index is 12.8. The second-order valence-electron chi connectivity index (χ2n) is 7.35. The maximum atomic E-state index is 12.8. The van der Waals surface area contributed by atoms with E-state index in [4.69, 9.17) is 0 Å². The van der Waals surface area contributed by atoms with Crippen LogP contribution in [0.1, 0.15) is 55.8 Å². The van der Waals surface area contributed by atoms with Gasteiger partial charge in [-0.05, 0) is 44.4 Å². The van der Waals surface area contributed by atoms with E-state index < -0.39 is 0 Å². The summed E-state index contributed by atoms with van der Waals surface area (Å²) in [4.78, 5) is 26.1. The fourth-order valence-corrected chi connectivity index (χ4v) is 3.76. The lowest BCUT2D eigenvalue weighted by molar-refractivity contribution is 0.0676. The van der Waals surface area contributed by atoms with Crippen molar-refractivity contribution in [1.82, 2.24) is 14.9 Å². The molecular weight excluding hydrogens is 288 g/mol. The van der Waals surface area contributed by atoms with Crippen molar-refractivity contribution >= 4 is 11.7 Å². The van der Waals surface area contributed by atoms with Gasteiger partial charge in [0, 0.05) is 32.2 Å². The molecule has 3 heterocycles. The molecule has 0 bridgehead atoms. The van der Waals surface area contributed by atoms with E-state index in [0.29, 0.717) is 23.4 Å². The number of hydrogen-bond donors (Lipinski definition) is 0. The van der Waals surface area contributed by atoms with Gasteiger partial charge in [-0.25, -0.2) is 9.97 Å². The van der Waals surface area contributed by atoms with E-state index in [2.05, 4.69) is 28.7 Å². The summed E-state index contributed by atoms with van der Waals surface area (Å²) >= 11 is 0. The number of anilines is 1. The SMILES string of the molecule is Cc1nc(C(=O)N2CCCC(C)C2)cc(N2CCCC(C)C2)n1. The van der Waals surface area contributed by atoms with Crippen LogP contribution in [0.25, 0.3) is 0 Å². The third-order valence-electron chi connectivity index (χ3n) is 4.97. The number of aromatic nitrogens is 2. The van der Waals surface area contributed by atoms with E-state index in [1.54, 1.807) is 0 Å². The summed E-state index contributed by atoms with van der Waals surface area (Å²) < 4.78 is 0. The second-order valence-corrected chi connectivity index (χ2v) is 7.35. The molecule has 3 rings (SSSR count). The smallest absolute Gasteiger partial charge is 0.272 e. The van der Waals surface area contributed by atoms with Crippen LogP contribution in [0.2, 0.25) is 0 Å². The van der Waals surface area contributed by atoms with Crippen molar-refractivity contribution in [3.05, 3.63) is 17.6 Å². The van der Waals surface area contributed by atoms with Crippen LogP contribution < -0.4 is 4.90 Å². The molecule has 0 radical (unpaired) electrons. The van der Waals surface area contributed by atoms with Gasteiger partial charge >= 0.3 is 0 Å². The van der Waals surface area contributed by atoms with Crippen LogP contribution in [0.5, 0.6) is 0 Å². The number of aryl methyl sites for hydroxylation is 1. The molecule has 0 aliphatic carbocycles. The third-order valence-corrected chi connectivity index (χ3v) is 4.97. The number of nitrogens with zero attached hydrogens (tertiary/aromatic N) is 4. The first-order chi connectivity index (χ1) is 11.0. The summed E-state index contributed by atoms with van der Waals surface area (Å²) in [5.41, 5.74) is 0.555. The highest BCUT2D eigenvalue weighted by Crippen LogP contribution is 2.23. The molecule has 1 aromatic rings. The zero-order valence-corrected chi connectivity index (χ0v) is 14.6. The highest BCUT2D eigenvalue weighted by molar-refractivity contribution is 5.93. The van der Waals surface area contributed by atoms with Gasteiger partial charge in [-0.1, -0.05) is 13.8 Å². The van der Waals surface area contributed by atoms with Gasteiger partial charge in [0.05, 0.1) is 0 Å². The van der Waals surface area contributed by atoms with Crippen molar-refractivity contribution in [2.45, 2.75) is 46.5 Å². The van der Waals surface area contributed by atoms with Crippen molar-refractivity contribution in [1.29, 1.82) is 0 Å². The Morgan fingerprint density at radius 1 is 1.09 bits per heavy atom. The highest BCUT2D eigenvalue weighted by atomic mass is 16.2. The minimum atomic E-state index is 0.0633. The Morgan fingerprint density at radius 2 is 1.78 bits per heavy atom. The molecule has 1 aromatic heterocycles. The molecule has 126 valence electrons. The Kier molecular flexibility index (Phi) is 4.83. The number of carbonyl (C=O) groups excluding carboxylic acids is 1. The Bertz CT molecular complexity index is 574. The topological polar surface area (TPSA) is 49.3 Å². The van der Waals surface area contributed by atoms with Gasteiger partial charge in [0.2, 0.25) is 0 Å². The number of carbonyl (C=O) groups is 1. The molecule has 0 spiro atoms. The molecule has 1 amide bonds. The van der Waals surface area contributed by atoms with Crippen LogP contribution in [0.4, 0.5) is 5.82 Å². The highest BCUT2D eigenvalue weighted by Gasteiger charge is 2.25. The number of piperidine rings is 2. The van der Waals surface area contributed by atoms with Gasteiger partial charge in [-0.2, -0.15) is 0 Å². The molecule has 2 atom stereocenters. The lowest BCUT2D eigenvalue weighted by Gasteiger charge is -2.33. The summed E-state index contributed by atoms with van der Waals surface area (Å²) in [7, 11) is 0. The Hall–Kier alpha value is -1.65. The molecule has 0 aromatic carbocycles. The molecule has 2 unspecified atom stereocenters. The van der Waals surface area contributed by atoms with Crippen LogP contribution in [-0.4, -0.2) is 47.0 Å². The number of amides is 1. The van der Waals surface area contributed by atoms with Crippen molar-refractivity contribution in [2.75, 3.05) is 31.1 Å². The van der Waals surface area contributed by atoms with Crippen molar-refractivity contribution < 1.29 is 4.79 Å². The first-order valence-electron chi connectivity index (χ1n) is 8.93. The van der Waals surface area contributed by atoms with Gasteiger partial charge in [-0.3, -0.25) is 4.79 Å². The summed E-state index contributed by atoms with van der Waals surface area (Å²) in [6.07, 6.45) is 4.77. The van der Waals surface area contributed by atoms with Crippen molar-refractivity contribution in [2.24, 2.45) is 11.8 Å². The van der Waals surface area contributed by atoms with E-state index in [0.717, 1.165) is 38.4 Å². The fourth-order valence-electron chi connectivity index (χ4n) is 3.76. The van der Waals surface area contributed by atoms with E-state index in [1.807, 2.05) is 17.9 Å². The van der Waals surface area contributed by atoms with Crippen LogP contribution in [0, 0.1) is 18.8 Å². The fraction of sp³-hybridized carbons (Fsp3) is 0.722. The van der Waals surface area contributed by atoms with E-state index in [-0.39, 0.29) is 5.91 Å². The molecular formula is C18H28N4O. The van der Waals surface area contributed by atoms with Gasteiger partial charge in [0.1, 0.15) is 17.3 Å². The summed E-state index contributed by atoms with van der Waals surface area (Å²) in [5, 5.41) is 0. The molecule has 2 aliphatic rings. The van der Waals surface area contributed by atoms with Crippen LogP contribution in [0.15, 0.2) is 6.07 Å². The molecule has 23 heavy (non-hydrogen) atoms. The van der Waals surface area contributed by atoms with Gasteiger partial charge < -0.3 is 9.80 Å². The number of likely N-dealkylation sites (tertiary alicyclic amines) is 1. The quantitative estimate of drug-likeness (QED) is 0.842. The van der Waals surface area contributed by atoms with E-state index in [1.165, 1.54) is 19.3 Å². The summed E-state index contributed by atoms with van der Waals surface area (Å²) in [6, 6.07) is 1.90. The second kappa shape index (κ2) is 6.85. The average molecular weight is 316 g/mol. The molecule has 0 saturated carbocycles. The van der Waals surface area contributed by atoms with Crippen LogP contribution in [-0.2, 0) is 0 Å². The lowest BCUT2D eigenvalue weighted by atomic mass is 10.00. The van der Waals surface area contributed by atoms with Gasteiger partial charge in [0.15, 0.2) is 0 Å². The first-order valence-corrected chi connectivity index (χ1v) is 8.93. The zero-order chi connectivity index (χ0) is 16.4. The Morgan fingerprint density at radius 3 is 2.48 bits per heavy atom. The van der Waals surface area contributed by atoms with Gasteiger partial charge in [-0.15, -0.1) is 0 Å². The normalized spacial score (nSPS) is 25.5. The monoisotopic (exact) mass is 316 g/mol. The predicted molar refractivity (Wildman–Crippen MR) is 91.7 cm³/mol. The maximum Gasteiger partial charge on any atom is 0.272 e. The van der Waals surface area contributed by atoms with Crippen LogP contribution in [0.3, 0.4) is 0 Å². The van der Waals surface area contributed by atoms with E-state index >= 15 is 0 Å². The predicted octanol–water partition coefficient (Wildman–Crippen LogP) is 2.89. The molecule has 2 fully saturated rings. The standard InChI is InChI=1S/C18H28N4O/c1-13-6-4-8-21(11-13)17-10-16(19-15(3)20-17)18(23)22-9-5-7-14(2)12-22/h10,13-14H,4-9,11-12H2,1-3H3. The number of hydrogen-bond acceptors (Lipinski definition) is 4. The first kappa shape index (κ1) is 16.2. The molecule has 2 saturated heterocycles. The summed E-state index contributed by atoms with van der Waals surface area (Å²) in [5.74, 6) is 2.93. The van der Waals surface area contributed by atoms with Crippen LogP contribution >= 0.6 is 0 Å². The molecule has 2 aliphatic heterocycles. The van der Waals surface area contributed by atoms with Crippen molar-refractivity contribution in [3.63, 3.8) is 0 Å². The Labute approximate surface area is 139 Å². The van der Waals surface area contributed by atoms with Crippen molar-refractivity contribution in [3.8, 4) is 0 Å². The molecule has 5 heteroatoms. The summed E-state index contributed by atoms with van der Waals surface area (Å²) in [6.45, 7) is 10.1. The minimum Gasteiger partial charge on any atom is -0.356 e. The van der Waals surface area contributed by atoms with E-state index in [9.17, 15) is 4.79 Å². The lowest BCUT2D eigenvalue weighted by Crippen LogP contribution is -2.40. The Balaban J connectivity index is 1.80. The minimum absolute atomic E-state index is 0.0633. The largest absolute Gasteiger partial charge is 0.356 e. The molecule has 0 N–H and O–H groups in total. The third kappa shape index (κ3) is 3.82. The average Bonchev–Trinajstić information content (AvgIpc) is 2.53. The zero-order valence-electron chi connectivity index (χ0n) is 14.6. The van der Waals surface area contributed by atoms with Gasteiger partial charge in [0.25, 0.3) is 5.91 Å².